The van der Waals surface area contributed by atoms with E-state index in [2.05, 4.69) is 9.97 Å². The summed E-state index contributed by atoms with van der Waals surface area (Å²) in [4.78, 5) is 33.4. The van der Waals surface area contributed by atoms with Gasteiger partial charge in [0.25, 0.3) is 5.56 Å². The molecule has 1 unspecified atom stereocenters. The first-order valence-corrected chi connectivity index (χ1v) is 9.66. The summed E-state index contributed by atoms with van der Waals surface area (Å²) in [5, 5.41) is 0.580. The molecular formula is C17H20FN3O3S. The maximum absolute atomic E-state index is 15.0. The molecule has 3 atom stereocenters. The van der Waals surface area contributed by atoms with E-state index >= 15 is 4.39 Å². The van der Waals surface area contributed by atoms with E-state index in [1.807, 2.05) is 0 Å². The largest absolute Gasteiger partial charge is 0.294 e. The van der Waals surface area contributed by atoms with Gasteiger partial charge in [0.05, 0.1) is 22.4 Å². The van der Waals surface area contributed by atoms with Crippen molar-refractivity contribution >= 4 is 27.6 Å². The van der Waals surface area contributed by atoms with Crippen molar-refractivity contribution in [3.05, 3.63) is 27.7 Å². The van der Waals surface area contributed by atoms with Gasteiger partial charge in [-0.25, -0.2) is 14.4 Å². The van der Waals surface area contributed by atoms with Crippen molar-refractivity contribution in [1.82, 2.24) is 14.5 Å². The first-order valence-electron chi connectivity index (χ1n) is 8.10. The summed E-state index contributed by atoms with van der Waals surface area (Å²) in [5.41, 5.74) is -1.38. The van der Waals surface area contributed by atoms with Gasteiger partial charge < -0.3 is 0 Å². The molecule has 0 bridgehead atoms. The van der Waals surface area contributed by atoms with Crippen LogP contribution in [0.5, 0.6) is 0 Å². The zero-order chi connectivity index (χ0) is 18.5. The number of rotatable bonds is 3. The minimum atomic E-state index is -1.57. The van der Waals surface area contributed by atoms with E-state index in [4.69, 9.17) is 0 Å². The zero-order valence-corrected chi connectivity index (χ0v) is 15.4. The fourth-order valence-corrected chi connectivity index (χ4v) is 4.08. The van der Waals surface area contributed by atoms with Crippen molar-refractivity contribution in [2.75, 3.05) is 6.26 Å². The molecule has 0 amide bonds. The number of aryl methyl sites for hydroxylation is 1. The SMILES string of the molecule is CC(=O)c1c(C)c2cnc(S(C)=O)nc2n([C@@H]2CCC[C@]2(C)F)c1=O. The van der Waals surface area contributed by atoms with Crippen molar-refractivity contribution in [2.24, 2.45) is 0 Å². The van der Waals surface area contributed by atoms with Crippen molar-refractivity contribution in [1.29, 1.82) is 0 Å². The second-order valence-corrected chi connectivity index (χ2v) is 8.03. The number of aromatic nitrogens is 3. The summed E-state index contributed by atoms with van der Waals surface area (Å²) in [5.74, 6) is -0.375. The van der Waals surface area contributed by atoms with Gasteiger partial charge in [-0.2, -0.15) is 0 Å². The summed E-state index contributed by atoms with van der Waals surface area (Å²) in [6.45, 7) is 4.44. The molecule has 1 aliphatic rings. The normalized spacial score (nSPS) is 24.6. The predicted molar refractivity (Wildman–Crippen MR) is 93.3 cm³/mol. The molecule has 25 heavy (non-hydrogen) atoms. The van der Waals surface area contributed by atoms with Crippen LogP contribution in [0.15, 0.2) is 16.1 Å². The predicted octanol–water partition coefficient (Wildman–Crippen LogP) is 2.49. The molecular weight excluding hydrogens is 345 g/mol. The van der Waals surface area contributed by atoms with Gasteiger partial charge in [0.2, 0.25) is 5.16 Å². The molecule has 134 valence electrons. The fourth-order valence-electron chi connectivity index (χ4n) is 3.67. The van der Waals surface area contributed by atoms with Gasteiger partial charge in [-0.05, 0) is 45.6 Å². The lowest BCUT2D eigenvalue weighted by molar-refractivity contribution is 0.101. The van der Waals surface area contributed by atoms with E-state index in [0.29, 0.717) is 30.2 Å². The number of halogens is 1. The summed E-state index contributed by atoms with van der Waals surface area (Å²) in [6, 6.07) is -0.714. The third kappa shape index (κ3) is 2.82. The molecule has 1 fully saturated rings. The summed E-state index contributed by atoms with van der Waals surface area (Å²) >= 11 is 0. The molecule has 0 saturated heterocycles. The Morgan fingerprint density at radius 3 is 2.68 bits per heavy atom. The number of nitrogens with zero attached hydrogens (tertiary/aromatic N) is 3. The maximum Gasteiger partial charge on any atom is 0.263 e. The number of alkyl halides is 1. The highest BCUT2D eigenvalue weighted by molar-refractivity contribution is 7.84. The van der Waals surface area contributed by atoms with Crippen molar-refractivity contribution < 1.29 is 13.4 Å². The van der Waals surface area contributed by atoms with Crippen molar-refractivity contribution in [3.63, 3.8) is 0 Å². The lowest BCUT2D eigenvalue weighted by Gasteiger charge is -2.27. The molecule has 0 aromatic carbocycles. The smallest absolute Gasteiger partial charge is 0.263 e. The molecule has 0 N–H and O–H groups in total. The van der Waals surface area contributed by atoms with Crippen LogP contribution in [-0.2, 0) is 10.8 Å². The molecule has 2 heterocycles. The zero-order valence-electron chi connectivity index (χ0n) is 14.6. The molecule has 6 nitrogen and oxygen atoms in total. The number of fused-ring (bicyclic) bond motifs is 1. The van der Waals surface area contributed by atoms with Crippen molar-refractivity contribution in [3.8, 4) is 0 Å². The Balaban J connectivity index is 2.47. The van der Waals surface area contributed by atoms with Crippen LogP contribution in [0.1, 0.15) is 55.1 Å². The van der Waals surface area contributed by atoms with Crippen molar-refractivity contribution in [2.45, 2.75) is 56.9 Å². The number of hydrogen-bond donors (Lipinski definition) is 0. The van der Waals surface area contributed by atoms with Crippen LogP contribution in [0.25, 0.3) is 11.0 Å². The van der Waals surface area contributed by atoms with Crippen LogP contribution in [0.2, 0.25) is 0 Å². The average molecular weight is 365 g/mol. The molecule has 2 aromatic rings. The van der Waals surface area contributed by atoms with Crippen LogP contribution < -0.4 is 5.56 Å². The van der Waals surface area contributed by atoms with Gasteiger partial charge in [0.15, 0.2) is 5.78 Å². The van der Waals surface area contributed by atoms with E-state index in [9.17, 15) is 13.8 Å². The molecule has 3 rings (SSSR count). The molecule has 0 aliphatic heterocycles. The standard InChI is InChI=1S/C17H20FN3O3S/c1-9-11-8-19-16(25(4)24)20-14(11)21(15(23)13(9)10(2)22)12-6-5-7-17(12,3)18/h8,12H,5-7H2,1-4H3/t12-,17+,25?/m1/s1. The fraction of sp³-hybridized carbons (Fsp3) is 0.529. The number of pyridine rings is 1. The Bertz CT molecular complexity index is 968. The van der Waals surface area contributed by atoms with Gasteiger partial charge >= 0.3 is 0 Å². The topological polar surface area (TPSA) is 81.9 Å². The average Bonchev–Trinajstić information content (AvgIpc) is 2.86. The van der Waals surface area contributed by atoms with Crippen LogP contribution in [0.4, 0.5) is 4.39 Å². The van der Waals surface area contributed by atoms with E-state index in [1.54, 1.807) is 6.92 Å². The minimum Gasteiger partial charge on any atom is -0.294 e. The molecule has 0 radical (unpaired) electrons. The second kappa shape index (κ2) is 6.09. The van der Waals surface area contributed by atoms with Gasteiger partial charge in [0.1, 0.15) is 11.3 Å². The van der Waals surface area contributed by atoms with Gasteiger partial charge in [-0.1, -0.05) is 0 Å². The third-order valence-corrected chi connectivity index (χ3v) is 5.66. The highest BCUT2D eigenvalue weighted by Crippen LogP contribution is 2.42. The number of carbonyl (C=O) groups is 1. The minimum absolute atomic E-state index is 0.0316. The number of carbonyl (C=O) groups excluding carboxylic acids is 1. The number of ketones is 1. The van der Waals surface area contributed by atoms with Crippen LogP contribution in [0, 0.1) is 6.92 Å². The van der Waals surface area contributed by atoms with E-state index < -0.39 is 28.1 Å². The quantitative estimate of drug-likeness (QED) is 0.616. The Hall–Kier alpha value is -1.96. The Labute approximate surface area is 146 Å². The van der Waals surface area contributed by atoms with E-state index in [-0.39, 0.29) is 22.2 Å². The monoisotopic (exact) mass is 365 g/mol. The molecule has 1 aliphatic carbocycles. The highest BCUT2D eigenvalue weighted by atomic mass is 32.2. The third-order valence-electron chi connectivity index (χ3n) is 4.95. The number of Topliss-reactive ketones (excluding diaryl/α,β-unsaturated/α-hetero) is 1. The second-order valence-electron chi connectivity index (χ2n) is 6.76. The highest BCUT2D eigenvalue weighted by Gasteiger charge is 2.42. The maximum atomic E-state index is 15.0. The molecule has 2 aromatic heterocycles. The molecule has 8 heteroatoms. The summed E-state index contributed by atoms with van der Waals surface area (Å²) in [7, 11) is -1.44. The lowest BCUT2D eigenvalue weighted by Crippen LogP contribution is -2.37. The Morgan fingerprint density at radius 1 is 1.48 bits per heavy atom. The van der Waals surface area contributed by atoms with E-state index in [1.165, 1.54) is 30.9 Å². The molecule has 1 saturated carbocycles. The van der Waals surface area contributed by atoms with E-state index in [0.717, 1.165) is 0 Å². The Kier molecular flexibility index (Phi) is 4.35. The first kappa shape index (κ1) is 17.8. The Morgan fingerprint density at radius 2 is 2.16 bits per heavy atom. The van der Waals surface area contributed by atoms with Crippen LogP contribution >= 0.6 is 0 Å². The molecule has 0 spiro atoms. The van der Waals surface area contributed by atoms with Crippen LogP contribution in [-0.4, -0.2) is 36.5 Å². The summed E-state index contributed by atoms with van der Waals surface area (Å²) < 4.78 is 28.1. The van der Waals surface area contributed by atoms with Gasteiger partial charge in [-0.15, -0.1) is 0 Å². The van der Waals surface area contributed by atoms with Gasteiger partial charge in [0, 0.05) is 17.8 Å². The summed E-state index contributed by atoms with van der Waals surface area (Å²) in [6.07, 6.45) is 4.37. The number of hydrogen-bond acceptors (Lipinski definition) is 5. The lowest BCUT2D eigenvalue weighted by atomic mass is 9.99. The first-order chi connectivity index (χ1) is 11.6. The van der Waals surface area contributed by atoms with Gasteiger partial charge in [-0.3, -0.25) is 18.4 Å². The van der Waals surface area contributed by atoms with Crippen LogP contribution in [0.3, 0.4) is 0 Å².